The zero-order valence-electron chi connectivity index (χ0n) is 14.2. The van der Waals surface area contributed by atoms with Crippen LogP contribution in [0.2, 0.25) is 0 Å². The number of nitro benzene ring substituents is 1. The molecule has 26 heavy (non-hydrogen) atoms. The first-order valence-corrected chi connectivity index (χ1v) is 8.53. The fourth-order valence-corrected chi connectivity index (χ4v) is 3.36. The molecule has 0 aliphatic carbocycles. The SMILES string of the molecule is Nc1ccc(C(=O)N2CCC(C(O)c3ccccc3)CC2)cc1[N+](=O)[O-]. The molecular formula is C19H21N3O4. The number of nitrogens with two attached hydrogens (primary N) is 1. The zero-order chi connectivity index (χ0) is 18.7. The normalized spacial score (nSPS) is 16.3. The van der Waals surface area contributed by atoms with Gasteiger partial charge in [0.05, 0.1) is 11.0 Å². The van der Waals surface area contributed by atoms with E-state index in [1.807, 2.05) is 30.3 Å². The number of aliphatic hydroxyl groups is 1. The lowest BCUT2D eigenvalue weighted by Gasteiger charge is -2.34. The Morgan fingerprint density at radius 2 is 1.85 bits per heavy atom. The molecule has 1 unspecified atom stereocenters. The van der Waals surface area contributed by atoms with Crippen LogP contribution in [0.15, 0.2) is 48.5 Å². The van der Waals surface area contributed by atoms with Crippen LogP contribution in [0.25, 0.3) is 0 Å². The summed E-state index contributed by atoms with van der Waals surface area (Å²) in [5.74, 6) is -0.164. The first kappa shape index (κ1) is 17.9. The summed E-state index contributed by atoms with van der Waals surface area (Å²) in [6.07, 6.45) is 0.809. The predicted molar refractivity (Wildman–Crippen MR) is 97.5 cm³/mol. The van der Waals surface area contributed by atoms with Crippen LogP contribution in [0, 0.1) is 16.0 Å². The molecule has 0 bridgehead atoms. The lowest BCUT2D eigenvalue weighted by atomic mass is 9.87. The van der Waals surface area contributed by atoms with E-state index in [0.717, 1.165) is 5.56 Å². The maximum absolute atomic E-state index is 12.6. The highest BCUT2D eigenvalue weighted by molar-refractivity contribution is 5.95. The van der Waals surface area contributed by atoms with Gasteiger partial charge in [0.2, 0.25) is 0 Å². The number of carbonyl (C=O) groups is 1. The van der Waals surface area contributed by atoms with Gasteiger partial charge in [0, 0.05) is 24.7 Å². The average Bonchev–Trinajstić information content (AvgIpc) is 2.68. The monoisotopic (exact) mass is 355 g/mol. The molecule has 1 heterocycles. The maximum atomic E-state index is 12.6. The van der Waals surface area contributed by atoms with Crippen LogP contribution < -0.4 is 5.73 Å². The molecular weight excluding hydrogens is 334 g/mol. The Kier molecular flexibility index (Phi) is 5.18. The van der Waals surface area contributed by atoms with Gasteiger partial charge in [-0.3, -0.25) is 14.9 Å². The number of piperidine rings is 1. The van der Waals surface area contributed by atoms with Gasteiger partial charge in [-0.05, 0) is 36.5 Å². The van der Waals surface area contributed by atoms with Gasteiger partial charge in [-0.2, -0.15) is 0 Å². The van der Waals surface area contributed by atoms with Gasteiger partial charge in [0.15, 0.2) is 0 Å². The maximum Gasteiger partial charge on any atom is 0.292 e. The van der Waals surface area contributed by atoms with Crippen LogP contribution in [0.1, 0.15) is 34.9 Å². The molecule has 2 aromatic rings. The van der Waals surface area contributed by atoms with Crippen molar-refractivity contribution in [3.05, 3.63) is 69.8 Å². The third-order valence-corrected chi connectivity index (χ3v) is 4.89. The molecule has 0 spiro atoms. The second kappa shape index (κ2) is 7.53. The highest BCUT2D eigenvalue weighted by Crippen LogP contribution is 2.31. The zero-order valence-corrected chi connectivity index (χ0v) is 14.2. The molecule has 1 amide bonds. The summed E-state index contributed by atoms with van der Waals surface area (Å²) in [5.41, 5.74) is 6.50. The van der Waals surface area contributed by atoms with E-state index in [-0.39, 0.29) is 28.8 Å². The minimum absolute atomic E-state index is 0.0382. The van der Waals surface area contributed by atoms with Gasteiger partial charge in [0.25, 0.3) is 11.6 Å². The summed E-state index contributed by atoms with van der Waals surface area (Å²) in [5, 5.41) is 21.5. The first-order chi connectivity index (χ1) is 12.5. The molecule has 1 saturated heterocycles. The van der Waals surface area contributed by atoms with Crippen molar-refractivity contribution in [2.45, 2.75) is 18.9 Å². The standard InChI is InChI=1S/C19H21N3O4/c20-16-7-6-15(12-17(16)22(25)26)19(24)21-10-8-14(9-11-21)18(23)13-4-2-1-3-5-13/h1-7,12,14,18,23H,8-11,20H2. The number of hydrogen-bond donors (Lipinski definition) is 2. The molecule has 0 saturated carbocycles. The van der Waals surface area contributed by atoms with Crippen molar-refractivity contribution in [3.63, 3.8) is 0 Å². The third kappa shape index (κ3) is 3.67. The molecule has 1 aliphatic rings. The first-order valence-electron chi connectivity index (χ1n) is 8.53. The fourth-order valence-electron chi connectivity index (χ4n) is 3.36. The molecule has 2 aromatic carbocycles. The fraction of sp³-hybridized carbons (Fsp3) is 0.316. The molecule has 3 rings (SSSR count). The van der Waals surface area contributed by atoms with Crippen LogP contribution in [-0.4, -0.2) is 33.9 Å². The van der Waals surface area contributed by atoms with E-state index in [0.29, 0.717) is 25.9 Å². The van der Waals surface area contributed by atoms with E-state index >= 15 is 0 Å². The summed E-state index contributed by atoms with van der Waals surface area (Å²) in [6, 6.07) is 13.6. The minimum Gasteiger partial charge on any atom is -0.393 e. The predicted octanol–water partition coefficient (Wildman–Crippen LogP) is 2.76. The van der Waals surface area contributed by atoms with E-state index < -0.39 is 11.0 Å². The van der Waals surface area contributed by atoms with Crippen molar-refractivity contribution >= 4 is 17.3 Å². The number of nitrogens with zero attached hydrogens (tertiary/aromatic N) is 2. The summed E-state index contributed by atoms with van der Waals surface area (Å²) < 4.78 is 0. The number of amides is 1. The van der Waals surface area contributed by atoms with Gasteiger partial charge in [0.1, 0.15) is 5.69 Å². The number of hydrogen-bond acceptors (Lipinski definition) is 5. The van der Waals surface area contributed by atoms with E-state index in [2.05, 4.69) is 0 Å². The molecule has 0 aromatic heterocycles. The topological polar surface area (TPSA) is 110 Å². The number of rotatable bonds is 4. The molecule has 1 aliphatic heterocycles. The van der Waals surface area contributed by atoms with Crippen molar-refractivity contribution < 1.29 is 14.8 Å². The lowest BCUT2D eigenvalue weighted by Crippen LogP contribution is -2.39. The highest BCUT2D eigenvalue weighted by Gasteiger charge is 2.29. The number of nitro groups is 1. The van der Waals surface area contributed by atoms with Crippen molar-refractivity contribution in [2.75, 3.05) is 18.8 Å². The molecule has 1 fully saturated rings. The average molecular weight is 355 g/mol. The summed E-state index contributed by atoms with van der Waals surface area (Å²) >= 11 is 0. The molecule has 1 atom stereocenters. The quantitative estimate of drug-likeness (QED) is 0.498. The Hall–Kier alpha value is -2.93. The second-order valence-corrected chi connectivity index (χ2v) is 6.52. The lowest BCUT2D eigenvalue weighted by molar-refractivity contribution is -0.383. The van der Waals surface area contributed by atoms with Crippen molar-refractivity contribution in [1.29, 1.82) is 0 Å². The number of likely N-dealkylation sites (tertiary alicyclic amines) is 1. The van der Waals surface area contributed by atoms with Gasteiger partial charge < -0.3 is 15.7 Å². The van der Waals surface area contributed by atoms with Crippen molar-refractivity contribution in [1.82, 2.24) is 4.90 Å². The number of carbonyl (C=O) groups excluding carboxylic acids is 1. The van der Waals surface area contributed by atoms with Crippen molar-refractivity contribution in [3.8, 4) is 0 Å². The Morgan fingerprint density at radius 1 is 1.19 bits per heavy atom. The van der Waals surface area contributed by atoms with Crippen LogP contribution >= 0.6 is 0 Å². The molecule has 0 radical (unpaired) electrons. The summed E-state index contributed by atoms with van der Waals surface area (Å²) in [4.78, 5) is 24.7. The van der Waals surface area contributed by atoms with Gasteiger partial charge in [-0.25, -0.2) is 0 Å². The van der Waals surface area contributed by atoms with Gasteiger partial charge in [-0.1, -0.05) is 30.3 Å². The van der Waals surface area contributed by atoms with E-state index in [4.69, 9.17) is 5.73 Å². The Morgan fingerprint density at radius 3 is 2.46 bits per heavy atom. The van der Waals surface area contributed by atoms with Crippen LogP contribution in [0.4, 0.5) is 11.4 Å². The smallest absolute Gasteiger partial charge is 0.292 e. The van der Waals surface area contributed by atoms with Gasteiger partial charge >= 0.3 is 0 Å². The molecule has 136 valence electrons. The Bertz CT molecular complexity index is 802. The highest BCUT2D eigenvalue weighted by atomic mass is 16.6. The van der Waals surface area contributed by atoms with E-state index in [1.165, 1.54) is 18.2 Å². The van der Waals surface area contributed by atoms with Crippen LogP contribution in [0.5, 0.6) is 0 Å². The van der Waals surface area contributed by atoms with Crippen LogP contribution in [0.3, 0.4) is 0 Å². The number of anilines is 1. The summed E-state index contributed by atoms with van der Waals surface area (Å²) in [7, 11) is 0. The molecule has 7 nitrogen and oxygen atoms in total. The van der Waals surface area contributed by atoms with Crippen LogP contribution in [-0.2, 0) is 0 Å². The number of nitrogen functional groups attached to an aromatic ring is 1. The molecule has 7 heteroatoms. The van der Waals surface area contributed by atoms with E-state index in [9.17, 15) is 20.0 Å². The number of benzene rings is 2. The largest absolute Gasteiger partial charge is 0.393 e. The second-order valence-electron chi connectivity index (χ2n) is 6.52. The van der Waals surface area contributed by atoms with E-state index in [1.54, 1.807) is 4.90 Å². The van der Waals surface area contributed by atoms with Gasteiger partial charge in [-0.15, -0.1) is 0 Å². The number of aliphatic hydroxyl groups excluding tert-OH is 1. The Balaban J connectivity index is 1.65. The van der Waals surface area contributed by atoms with Crippen molar-refractivity contribution in [2.24, 2.45) is 5.92 Å². The minimum atomic E-state index is -0.589. The molecule has 3 N–H and O–H groups in total. The third-order valence-electron chi connectivity index (χ3n) is 4.89. The Labute approximate surface area is 151 Å². The summed E-state index contributed by atoms with van der Waals surface area (Å²) in [6.45, 7) is 1.01.